The zero-order valence-electron chi connectivity index (χ0n) is 26.9. The zero-order valence-corrected chi connectivity index (χ0v) is 27.7. The van der Waals surface area contributed by atoms with Crippen LogP contribution in [0.25, 0.3) is 0 Å². The van der Waals surface area contributed by atoms with Crippen molar-refractivity contribution in [2.45, 2.75) is 82.6 Å². The molecule has 4 aromatic rings. The highest BCUT2D eigenvalue weighted by Crippen LogP contribution is 2.44. The molecule has 0 saturated heterocycles. The first-order valence-corrected chi connectivity index (χ1v) is 16.1. The van der Waals surface area contributed by atoms with Gasteiger partial charge in [0.25, 0.3) is 0 Å². The molecule has 238 valence electrons. The predicted molar refractivity (Wildman–Crippen MR) is 185 cm³/mol. The number of rotatable bonds is 14. The molecule has 0 bridgehead atoms. The van der Waals surface area contributed by atoms with E-state index < -0.39 is 0 Å². The van der Waals surface area contributed by atoms with Gasteiger partial charge in [0.15, 0.2) is 0 Å². The van der Waals surface area contributed by atoms with E-state index >= 15 is 0 Å². The minimum absolute atomic E-state index is 0. The number of methoxy groups -OCH3 is 1. The fourth-order valence-electron chi connectivity index (χ4n) is 7.25. The Balaban J connectivity index is 0.00000461. The molecular weight excluding hydrogens is 581 g/mol. The third-order valence-corrected chi connectivity index (χ3v) is 9.72. The van der Waals surface area contributed by atoms with Gasteiger partial charge in [-0.1, -0.05) is 85.3 Å². The van der Waals surface area contributed by atoms with Gasteiger partial charge >= 0.3 is 0 Å². The van der Waals surface area contributed by atoms with Gasteiger partial charge in [0, 0.05) is 23.8 Å². The summed E-state index contributed by atoms with van der Waals surface area (Å²) in [4.78, 5) is 13.0. The van der Waals surface area contributed by atoms with Crippen LogP contribution in [0, 0.1) is 12.7 Å². The van der Waals surface area contributed by atoms with Crippen LogP contribution in [0.4, 0.5) is 4.39 Å². The van der Waals surface area contributed by atoms with Crippen LogP contribution in [0.3, 0.4) is 0 Å². The lowest BCUT2D eigenvalue weighted by atomic mass is 9.67. The number of carbonyl (C=O) groups is 1. The number of aryl methyl sites for hydroxylation is 2. The smallest absolute Gasteiger partial charge is 0.133 e. The van der Waals surface area contributed by atoms with E-state index in [4.69, 9.17) is 4.74 Å². The van der Waals surface area contributed by atoms with Gasteiger partial charge in [-0.15, -0.1) is 12.4 Å². The first-order chi connectivity index (χ1) is 21.3. The summed E-state index contributed by atoms with van der Waals surface area (Å²) in [7, 11) is 1.75. The third-order valence-electron chi connectivity index (χ3n) is 9.72. The molecule has 5 rings (SSSR count). The molecule has 1 unspecified atom stereocenters. The molecule has 0 saturated carbocycles. The molecule has 4 aromatic carbocycles. The summed E-state index contributed by atoms with van der Waals surface area (Å²) in [6, 6.07) is 32.8. The van der Waals surface area contributed by atoms with E-state index in [2.05, 4.69) is 92.0 Å². The topological polar surface area (TPSA) is 38.3 Å². The number of ether oxygens (including phenoxy) is 1. The predicted octanol–water partition coefficient (Wildman–Crippen LogP) is 9.45. The Hall–Kier alpha value is -3.47. The fourth-order valence-corrected chi connectivity index (χ4v) is 7.25. The van der Waals surface area contributed by atoms with E-state index in [1.807, 2.05) is 0 Å². The van der Waals surface area contributed by atoms with Crippen LogP contribution in [0.1, 0.15) is 85.3 Å². The molecule has 45 heavy (non-hydrogen) atoms. The van der Waals surface area contributed by atoms with Crippen molar-refractivity contribution in [2.75, 3.05) is 13.7 Å². The van der Waals surface area contributed by atoms with E-state index in [0.29, 0.717) is 19.3 Å². The highest BCUT2D eigenvalue weighted by molar-refractivity contribution is 5.85. The van der Waals surface area contributed by atoms with E-state index in [0.717, 1.165) is 56.4 Å². The number of Topliss-reactive ketones (excluding diaryl/α,β-unsaturated/α-hetero) is 1. The molecule has 1 N–H and O–H groups in total. The molecule has 5 heteroatoms. The molecule has 0 amide bonds. The normalized spacial score (nSPS) is 16.0. The molecule has 1 heterocycles. The summed E-state index contributed by atoms with van der Waals surface area (Å²) >= 11 is 0. The number of halogens is 2. The van der Waals surface area contributed by atoms with Crippen molar-refractivity contribution in [1.29, 1.82) is 0 Å². The van der Waals surface area contributed by atoms with E-state index in [1.165, 1.54) is 39.9 Å². The van der Waals surface area contributed by atoms with Gasteiger partial charge < -0.3 is 10.1 Å². The fraction of sp³-hybridized carbons (Fsp3) is 0.375. The molecule has 0 aromatic heterocycles. The summed E-state index contributed by atoms with van der Waals surface area (Å²) in [6.07, 6.45) is 7.46. The Morgan fingerprint density at radius 3 is 2.13 bits per heavy atom. The second kappa shape index (κ2) is 15.7. The zero-order chi connectivity index (χ0) is 31.0. The van der Waals surface area contributed by atoms with Crippen molar-refractivity contribution in [3.8, 4) is 5.75 Å². The van der Waals surface area contributed by atoms with Crippen LogP contribution >= 0.6 is 12.4 Å². The maximum absolute atomic E-state index is 13.3. The summed E-state index contributed by atoms with van der Waals surface area (Å²) < 4.78 is 19.0. The van der Waals surface area contributed by atoms with Crippen molar-refractivity contribution >= 4 is 18.2 Å². The lowest BCUT2D eigenvalue weighted by Crippen LogP contribution is -2.45. The maximum atomic E-state index is 13.3. The van der Waals surface area contributed by atoms with Crippen LogP contribution in [0.5, 0.6) is 5.75 Å². The number of benzene rings is 4. The largest absolute Gasteiger partial charge is 0.496 e. The number of ketones is 1. The van der Waals surface area contributed by atoms with Crippen LogP contribution in [0.2, 0.25) is 0 Å². The summed E-state index contributed by atoms with van der Waals surface area (Å²) in [5.41, 5.74) is 7.25. The number of hydrogen-bond donors (Lipinski definition) is 1. The van der Waals surface area contributed by atoms with Crippen molar-refractivity contribution in [3.63, 3.8) is 0 Å². The molecule has 1 atom stereocenters. The van der Waals surface area contributed by atoms with Gasteiger partial charge in [-0.3, -0.25) is 4.79 Å². The Bertz CT molecular complexity index is 1480. The lowest BCUT2D eigenvalue weighted by Gasteiger charge is -2.40. The highest BCUT2D eigenvalue weighted by atomic mass is 35.5. The number of fused-ring (bicyclic) bond motifs is 1. The van der Waals surface area contributed by atoms with E-state index in [9.17, 15) is 9.18 Å². The Morgan fingerprint density at radius 1 is 0.889 bits per heavy atom. The van der Waals surface area contributed by atoms with E-state index in [1.54, 1.807) is 19.2 Å². The Kier molecular flexibility index (Phi) is 12.0. The molecule has 0 aliphatic carbocycles. The summed E-state index contributed by atoms with van der Waals surface area (Å²) in [6.45, 7) is 5.43. The van der Waals surface area contributed by atoms with Crippen LogP contribution in [-0.2, 0) is 28.6 Å². The highest BCUT2D eigenvalue weighted by Gasteiger charge is 2.37. The van der Waals surface area contributed by atoms with Gasteiger partial charge in [0.05, 0.1) is 7.11 Å². The molecule has 0 radical (unpaired) electrons. The van der Waals surface area contributed by atoms with Gasteiger partial charge in [0.1, 0.15) is 17.3 Å². The van der Waals surface area contributed by atoms with Gasteiger partial charge in [-0.2, -0.15) is 0 Å². The Labute approximate surface area is 275 Å². The van der Waals surface area contributed by atoms with Crippen LogP contribution < -0.4 is 10.1 Å². The van der Waals surface area contributed by atoms with Crippen molar-refractivity contribution in [2.24, 2.45) is 0 Å². The SMILES string of the molecule is COc1cc2c(cc1C)CCNC2(C)CCCC(CCCC(=O)CCc1ccc(F)cc1)(c1ccccc1)c1ccccc1.Cl. The molecule has 0 fully saturated rings. The third kappa shape index (κ3) is 8.23. The first-order valence-electron chi connectivity index (χ1n) is 16.1. The second-order valence-corrected chi connectivity index (χ2v) is 12.7. The Morgan fingerprint density at radius 2 is 1.51 bits per heavy atom. The molecule has 1 aliphatic rings. The molecular formula is C40H47ClFNO2. The number of carbonyl (C=O) groups excluding carboxylic acids is 1. The van der Waals surface area contributed by atoms with Gasteiger partial charge in [0.2, 0.25) is 0 Å². The van der Waals surface area contributed by atoms with Crippen LogP contribution in [-0.4, -0.2) is 19.4 Å². The first kappa shape index (κ1) is 34.4. The minimum atomic E-state index is -0.245. The van der Waals surface area contributed by atoms with Gasteiger partial charge in [-0.05, 0) is 110 Å². The van der Waals surface area contributed by atoms with Gasteiger partial charge in [-0.25, -0.2) is 4.39 Å². The number of hydrogen-bond acceptors (Lipinski definition) is 3. The monoisotopic (exact) mass is 627 g/mol. The average Bonchev–Trinajstić information content (AvgIpc) is 3.04. The van der Waals surface area contributed by atoms with Crippen molar-refractivity contribution in [1.82, 2.24) is 5.32 Å². The number of nitrogens with one attached hydrogen (secondary N) is 1. The second-order valence-electron chi connectivity index (χ2n) is 12.7. The van der Waals surface area contributed by atoms with Crippen LogP contribution in [0.15, 0.2) is 97.1 Å². The van der Waals surface area contributed by atoms with Crippen molar-refractivity contribution < 1.29 is 13.9 Å². The maximum Gasteiger partial charge on any atom is 0.133 e. The molecule has 3 nitrogen and oxygen atoms in total. The average molecular weight is 628 g/mol. The van der Waals surface area contributed by atoms with Crippen molar-refractivity contribution in [3.05, 3.63) is 136 Å². The standard InChI is InChI=1S/C40H46FNO2.ClH/c1-30-28-32-23-27-42-39(2,37(32)29-38(30)44-3)24-11-26-40(33-12-6-4-7-13-33,34-14-8-5-9-15-34)25-10-16-36(43)22-19-31-17-20-35(41)21-18-31;/h4-9,12-15,17-18,20-21,28-29,42H,10-11,16,19,22-27H2,1-3H3;1H. The summed E-state index contributed by atoms with van der Waals surface area (Å²) in [5.74, 6) is 0.973. The summed E-state index contributed by atoms with van der Waals surface area (Å²) in [5, 5.41) is 3.86. The lowest BCUT2D eigenvalue weighted by molar-refractivity contribution is -0.119. The quantitative estimate of drug-likeness (QED) is 0.151. The minimum Gasteiger partial charge on any atom is -0.496 e. The molecule has 0 spiro atoms. The van der Waals surface area contributed by atoms with E-state index in [-0.39, 0.29) is 35.0 Å². The molecule has 1 aliphatic heterocycles.